The number of alkyl halides is 2. The smallest absolute Gasteiger partial charge is 0.387 e. The predicted molar refractivity (Wildman–Crippen MR) is 73.2 cm³/mol. The molecule has 2 N–H and O–H groups in total. The summed E-state index contributed by atoms with van der Waals surface area (Å²) in [5, 5.41) is 0. The Morgan fingerprint density at radius 1 is 1.10 bits per heavy atom. The number of hydrogen-bond acceptors (Lipinski definition) is 2. The summed E-state index contributed by atoms with van der Waals surface area (Å²) in [7, 11) is 0. The third-order valence-corrected chi connectivity index (χ3v) is 3.37. The van der Waals surface area contributed by atoms with Gasteiger partial charge in [-0.1, -0.05) is 24.3 Å². The van der Waals surface area contributed by atoms with Gasteiger partial charge in [0, 0.05) is 5.56 Å². The highest BCUT2D eigenvalue weighted by atomic mass is 79.9. The molecule has 2 aromatic carbocycles. The third kappa shape index (κ3) is 3.32. The number of rotatable bonds is 4. The van der Waals surface area contributed by atoms with Gasteiger partial charge < -0.3 is 10.5 Å². The molecule has 0 aromatic heterocycles. The van der Waals surface area contributed by atoms with Gasteiger partial charge in [0.25, 0.3) is 0 Å². The van der Waals surface area contributed by atoms with Crippen molar-refractivity contribution in [3.05, 3.63) is 63.9 Å². The third-order valence-electron chi connectivity index (χ3n) is 2.76. The maximum absolute atomic E-state index is 14.0. The van der Waals surface area contributed by atoms with E-state index in [4.69, 9.17) is 5.73 Å². The van der Waals surface area contributed by atoms with Gasteiger partial charge in [0.1, 0.15) is 11.6 Å². The fourth-order valence-corrected chi connectivity index (χ4v) is 2.21. The molecule has 106 valence electrons. The summed E-state index contributed by atoms with van der Waals surface area (Å²) in [5.41, 5.74) is 6.74. The Labute approximate surface area is 122 Å². The number of nitrogens with two attached hydrogens (primary N) is 1. The van der Waals surface area contributed by atoms with Crippen molar-refractivity contribution in [2.45, 2.75) is 12.7 Å². The molecule has 2 rings (SSSR count). The first-order valence-corrected chi connectivity index (χ1v) is 6.52. The van der Waals surface area contributed by atoms with Crippen LogP contribution in [0.15, 0.2) is 46.9 Å². The molecule has 2 nitrogen and oxygen atoms in total. The van der Waals surface area contributed by atoms with E-state index in [1.54, 1.807) is 24.3 Å². The molecule has 0 spiro atoms. The molecule has 0 bridgehead atoms. The molecule has 0 aliphatic heterocycles. The van der Waals surface area contributed by atoms with Crippen LogP contribution in [0.25, 0.3) is 0 Å². The fraction of sp³-hybridized carbons (Fsp3) is 0.143. The minimum atomic E-state index is -2.91. The molecule has 0 saturated heterocycles. The standard InChI is InChI=1S/C14H11BrF3NO/c15-11-6-2-5-10(12(11)16)13(19)8-3-1-4-9(7-8)20-14(17)18/h1-7,13-14H,19H2. The summed E-state index contributed by atoms with van der Waals surface area (Å²) in [4.78, 5) is 0. The molecule has 0 aliphatic rings. The van der Waals surface area contributed by atoms with Crippen LogP contribution in [0.2, 0.25) is 0 Å². The molecule has 0 radical (unpaired) electrons. The summed E-state index contributed by atoms with van der Waals surface area (Å²) in [6.45, 7) is -2.91. The van der Waals surface area contributed by atoms with Crippen LogP contribution in [0, 0.1) is 5.82 Å². The van der Waals surface area contributed by atoms with E-state index in [1.807, 2.05) is 0 Å². The van der Waals surface area contributed by atoms with Crippen molar-refractivity contribution < 1.29 is 17.9 Å². The Morgan fingerprint density at radius 3 is 2.50 bits per heavy atom. The van der Waals surface area contributed by atoms with Gasteiger partial charge in [-0.05, 0) is 39.7 Å². The van der Waals surface area contributed by atoms with Crippen molar-refractivity contribution in [2.75, 3.05) is 0 Å². The summed E-state index contributed by atoms with van der Waals surface area (Å²) in [6, 6.07) is 9.91. The van der Waals surface area contributed by atoms with E-state index in [0.717, 1.165) is 0 Å². The molecule has 1 unspecified atom stereocenters. The lowest BCUT2D eigenvalue weighted by Crippen LogP contribution is -2.14. The monoisotopic (exact) mass is 345 g/mol. The SMILES string of the molecule is NC(c1cccc(OC(F)F)c1)c1cccc(Br)c1F. The largest absolute Gasteiger partial charge is 0.435 e. The molecule has 0 fully saturated rings. The topological polar surface area (TPSA) is 35.2 Å². The Morgan fingerprint density at radius 2 is 1.80 bits per heavy atom. The van der Waals surface area contributed by atoms with Gasteiger partial charge in [-0.25, -0.2) is 4.39 Å². The molecule has 0 heterocycles. The minimum Gasteiger partial charge on any atom is -0.435 e. The van der Waals surface area contributed by atoms with Crippen molar-refractivity contribution in [3.8, 4) is 5.75 Å². The van der Waals surface area contributed by atoms with Crippen LogP contribution in [-0.4, -0.2) is 6.61 Å². The molecule has 20 heavy (non-hydrogen) atoms. The normalized spacial score (nSPS) is 12.5. The number of halogens is 4. The van der Waals surface area contributed by atoms with Gasteiger partial charge >= 0.3 is 6.61 Å². The second-order valence-corrected chi connectivity index (χ2v) is 4.93. The number of hydrogen-bond donors (Lipinski definition) is 1. The first-order chi connectivity index (χ1) is 9.49. The average Bonchev–Trinajstić information content (AvgIpc) is 2.41. The Bertz CT molecular complexity index is 607. The summed E-state index contributed by atoms with van der Waals surface area (Å²) < 4.78 is 42.9. The second-order valence-electron chi connectivity index (χ2n) is 4.07. The lowest BCUT2D eigenvalue weighted by atomic mass is 9.99. The summed E-state index contributed by atoms with van der Waals surface area (Å²) in [5.74, 6) is -0.483. The van der Waals surface area contributed by atoms with Crippen LogP contribution in [0.5, 0.6) is 5.75 Å². The van der Waals surface area contributed by atoms with Crippen molar-refractivity contribution in [3.63, 3.8) is 0 Å². The molecule has 1 atom stereocenters. The van der Waals surface area contributed by atoms with Crippen molar-refractivity contribution >= 4 is 15.9 Å². The van der Waals surface area contributed by atoms with Crippen LogP contribution in [0.3, 0.4) is 0 Å². The fourth-order valence-electron chi connectivity index (χ4n) is 1.82. The molecular weight excluding hydrogens is 335 g/mol. The van der Waals surface area contributed by atoms with E-state index in [0.29, 0.717) is 10.0 Å². The van der Waals surface area contributed by atoms with Gasteiger partial charge in [0.15, 0.2) is 0 Å². The first kappa shape index (κ1) is 14.9. The Balaban J connectivity index is 2.33. The van der Waals surface area contributed by atoms with E-state index in [1.165, 1.54) is 18.2 Å². The van der Waals surface area contributed by atoms with Crippen molar-refractivity contribution in [1.82, 2.24) is 0 Å². The highest BCUT2D eigenvalue weighted by Gasteiger charge is 2.16. The predicted octanol–water partition coefficient (Wildman–Crippen LogP) is 4.24. The molecule has 6 heteroatoms. The van der Waals surface area contributed by atoms with Gasteiger partial charge in [0.2, 0.25) is 0 Å². The van der Waals surface area contributed by atoms with E-state index < -0.39 is 18.5 Å². The Hall–Kier alpha value is -1.53. The highest BCUT2D eigenvalue weighted by Crippen LogP contribution is 2.28. The quantitative estimate of drug-likeness (QED) is 0.899. The van der Waals surface area contributed by atoms with Crippen molar-refractivity contribution in [2.24, 2.45) is 5.73 Å². The van der Waals surface area contributed by atoms with Crippen molar-refractivity contribution in [1.29, 1.82) is 0 Å². The van der Waals surface area contributed by atoms with Gasteiger partial charge in [0.05, 0.1) is 10.5 Å². The average molecular weight is 346 g/mol. The lowest BCUT2D eigenvalue weighted by Gasteiger charge is -2.15. The van der Waals surface area contributed by atoms with E-state index in [-0.39, 0.29) is 11.3 Å². The summed E-state index contributed by atoms with van der Waals surface area (Å²) in [6.07, 6.45) is 0. The van der Waals surface area contributed by atoms with Crippen LogP contribution < -0.4 is 10.5 Å². The molecule has 0 aliphatic carbocycles. The number of benzene rings is 2. The van der Waals surface area contributed by atoms with Gasteiger partial charge in [-0.2, -0.15) is 8.78 Å². The van der Waals surface area contributed by atoms with Crippen LogP contribution in [0.4, 0.5) is 13.2 Å². The van der Waals surface area contributed by atoms with Gasteiger partial charge in [-0.3, -0.25) is 0 Å². The zero-order chi connectivity index (χ0) is 14.7. The highest BCUT2D eigenvalue weighted by molar-refractivity contribution is 9.10. The number of ether oxygens (including phenoxy) is 1. The van der Waals surface area contributed by atoms with Crippen LogP contribution in [-0.2, 0) is 0 Å². The molecule has 2 aromatic rings. The summed E-state index contributed by atoms with van der Waals surface area (Å²) >= 11 is 3.08. The molecule has 0 saturated carbocycles. The van der Waals surface area contributed by atoms with E-state index >= 15 is 0 Å². The maximum atomic E-state index is 14.0. The maximum Gasteiger partial charge on any atom is 0.387 e. The second kappa shape index (κ2) is 6.28. The van der Waals surface area contributed by atoms with E-state index in [2.05, 4.69) is 20.7 Å². The lowest BCUT2D eigenvalue weighted by molar-refractivity contribution is -0.0498. The zero-order valence-corrected chi connectivity index (χ0v) is 11.8. The van der Waals surface area contributed by atoms with Crippen LogP contribution >= 0.6 is 15.9 Å². The minimum absolute atomic E-state index is 0.0108. The molecule has 0 amide bonds. The zero-order valence-electron chi connectivity index (χ0n) is 10.2. The van der Waals surface area contributed by atoms with Gasteiger partial charge in [-0.15, -0.1) is 0 Å². The first-order valence-electron chi connectivity index (χ1n) is 5.73. The van der Waals surface area contributed by atoms with Crippen LogP contribution in [0.1, 0.15) is 17.2 Å². The Kier molecular flexibility index (Phi) is 4.67. The van der Waals surface area contributed by atoms with E-state index in [9.17, 15) is 13.2 Å². The molecular formula is C14H11BrF3NO.